The summed E-state index contributed by atoms with van der Waals surface area (Å²) in [6.45, 7) is 4.13. The van der Waals surface area contributed by atoms with Gasteiger partial charge in [0.15, 0.2) is 0 Å². The molecule has 9 heteroatoms. The number of ether oxygens (including phenoxy) is 1. The van der Waals surface area contributed by atoms with E-state index in [-0.39, 0.29) is 36.8 Å². The molecule has 3 aromatic rings. The number of halogens is 1. The molecule has 1 aliphatic rings. The van der Waals surface area contributed by atoms with Crippen molar-refractivity contribution in [1.29, 1.82) is 0 Å². The van der Waals surface area contributed by atoms with Crippen molar-refractivity contribution in [3.05, 3.63) is 76.7 Å². The molecule has 0 saturated carbocycles. The highest BCUT2D eigenvalue weighted by molar-refractivity contribution is 7.98. The average Bonchev–Trinajstić information content (AvgIpc) is 3.36. The predicted octanol–water partition coefficient (Wildman–Crippen LogP) is 4.12. The van der Waals surface area contributed by atoms with Crippen molar-refractivity contribution in [3.8, 4) is 5.75 Å². The molecule has 0 saturated heterocycles. The lowest BCUT2D eigenvalue weighted by atomic mass is 10.2. The molecule has 2 heterocycles. The van der Waals surface area contributed by atoms with Crippen molar-refractivity contribution >= 4 is 29.4 Å². The predicted molar refractivity (Wildman–Crippen MR) is 126 cm³/mol. The molecule has 0 atom stereocenters. The molecule has 0 aliphatic carbocycles. The van der Waals surface area contributed by atoms with Gasteiger partial charge >= 0.3 is 0 Å². The number of aromatic nitrogens is 2. The maximum absolute atomic E-state index is 13.1. The molecule has 2 aromatic carbocycles. The molecule has 172 valence electrons. The Morgan fingerprint density at radius 1 is 1.12 bits per heavy atom. The Bertz CT molecular complexity index is 1140. The second kappa shape index (κ2) is 10.1. The summed E-state index contributed by atoms with van der Waals surface area (Å²) in [5.41, 5.74) is 3.10. The molecule has 0 bridgehead atoms. The van der Waals surface area contributed by atoms with E-state index in [0.29, 0.717) is 17.1 Å². The van der Waals surface area contributed by atoms with Gasteiger partial charge in [-0.15, -0.1) is 0 Å². The minimum Gasteiger partial charge on any atom is -0.491 e. The first-order chi connectivity index (χ1) is 15.9. The summed E-state index contributed by atoms with van der Waals surface area (Å²) in [7, 11) is 0. The van der Waals surface area contributed by atoms with Crippen LogP contribution in [0, 0.1) is 5.82 Å². The van der Waals surface area contributed by atoms with Crippen LogP contribution in [0.1, 0.15) is 41.0 Å². The van der Waals surface area contributed by atoms with Gasteiger partial charge in [-0.1, -0.05) is 12.1 Å². The number of carbonyl (C=O) groups excluding carboxylic acids is 2. The number of anilines is 1. The SMILES string of the molecule is CC(C)Oc1ccc(C(=O)Nc2c3c(nn2CC(=O)NCc2ccc(F)cc2)CSC3)cc1. The Balaban J connectivity index is 1.44. The van der Waals surface area contributed by atoms with Crippen molar-refractivity contribution < 1.29 is 18.7 Å². The first-order valence-electron chi connectivity index (χ1n) is 10.6. The zero-order chi connectivity index (χ0) is 23.4. The molecule has 2 amide bonds. The Kier molecular flexibility index (Phi) is 6.98. The Hall–Kier alpha value is -3.33. The number of thioether (sulfide) groups is 1. The number of amides is 2. The van der Waals surface area contributed by atoms with Crippen LogP contribution in [-0.4, -0.2) is 27.7 Å². The molecule has 7 nitrogen and oxygen atoms in total. The number of rotatable bonds is 8. The third-order valence-corrected chi connectivity index (χ3v) is 6.01. The summed E-state index contributed by atoms with van der Waals surface area (Å²) in [4.78, 5) is 25.4. The molecular formula is C24H25FN4O3S. The van der Waals surface area contributed by atoms with Gasteiger partial charge in [-0.05, 0) is 55.8 Å². The van der Waals surface area contributed by atoms with Crippen LogP contribution in [0.3, 0.4) is 0 Å². The number of hydrogen-bond acceptors (Lipinski definition) is 5. The van der Waals surface area contributed by atoms with Gasteiger partial charge in [0.2, 0.25) is 5.91 Å². The van der Waals surface area contributed by atoms with Gasteiger partial charge in [-0.2, -0.15) is 16.9 Å². The molecule has 0 spiro atoms. The second-order valence-electron chi connectivity index (χ2n) is 7.97. The van der Waals surface area contributed by atoms with Gasteiger partial charge in [-0.25, -0.2) is 9.07 Å². The van der Waals surface area contributed by atoms with Crippen LogP contribution in [0.15, 0.2) is 48.5 Å². The normalized spacial score (nSPS) is 12.5. The minimum atomic E-state index is -0.323. The standard InChI is InChI=1S/C24H25FN4O3S/c1-15(2)32-19-9-5-17(6-10-19)24(31)27-23-20-13-33-14-21(20)28-29(23)12-22(30)26-11-16-3-7-18(25)8-4-16/h3-10,15H,11-14H2,1-2H3,(H,26,30)(H,27,31). The van der Waals surface area contributed by atoms with Crippen molar-refractivity contribution in [3.63, 3.8) is 0 Å². The van der Waals surface area contributed by atoms with Crippen LogP contribution in [0.4, 0.5) is 10.2 Å². The van der Waals surface area contributed by atoms with E-state index >= 15 is 0 Å². The van der Waals surface area contributed by atoms with E-state index < -0.39 is 0 Å². The average molecular weight is 469 g/mol. The van der Waals surface area contributed by atoms with Crippen LogP contribution in [0.2, 0.25) is 0 Å². The fourth-order valence-corrected chi connectivity index (χ4v) is 4.49. The Morgan fingerprint density at radius 3 is 2.55 bits per heavy atom. The molecule has 0 radical (unpaired) electrons. The highest BCUT2D eigenvalue weighted by Crippen LogP contribution is 2.35. The molecule has 0 unspecified atom stereocenters. The number of nitrogens with zero attached hydrogens (tertiary/aromatic N) is 2. The lowest BCUT2D eigenvalue weighted by molar-refractivity contribution is -0.122. The van der Waals surface area contributed by atoms with Gasteiger partial charge < -0.3 is 15.4 Å². The van der Waals surface area contributed by atoms with E-state index in [1.165, 1.54) is 12.1 Å². The monoisotopic (exact) mass is 468 g/mol. The first-order valence-corrected chi connectivity index (χ1v) is 11.8. The molecule has 4 rings (SSSR count). The molecule has 2 N–H and O–H groups in total. The minimum absolute atomic E-state index is 0.0321. The molecule has 0 fully saturated rings. The van der Waals surface area contributed by atoms with Crippen molar-refractivity contribution in [2.75, 3.05) is 5.32 Å². The van der Waals surface area contributed by atoms with Gasteiger partial charge in [0.25, 0.3) is 5.91 Å². The van der Waals surface area contributed by atoms with Crippen molar-refractivity contribution in [2.45, 2.75) is 44.5 Å². The maximum atomic E-state index is 13.1. The van der Waals surface area contributed by atoms with Crippen LogP contribution in [0.25, 0.3) is 0 Å². The summed E-state index contributed by atoms with van der Waals surface area (Å²) in [5.74, 6) is 1.85. The topological polar surface area (TPSA) is 85.2 Å². The van der Waals surface area contributed by atoms with Gasteiger partial charge in [-0.3, -0.25) is 9.59 Å². The third kappa shape index (κ3) is 5.73. The van der Waals surface area contributed by atoms with Crippen LogP contribution < -0.4 is 15.4 Å². The zero-order valence-electron chi connectivity index (χ0n) is 18.4. The number of hydrogen-bond donors (Lipinski definition) is 2. The molecule has 1 aliphatic heterocycles. The summed E-state index contributed by atoms with van der Waals surface area (Å²) in [6.07, 6.45) is 0.0494. The fraction of sp³-hybridized carbons (Fsp3) is 0.292. The highest BCUT2D eigenvalue weighted by Gasteiger charge is 2.25. The summed E-state index contributed by atoms with van der Waals surface area (Å²) in [5, 5.41) is 10.3. The Morgan fingerprint density at radius 2 is 1.85 bits per heavy atom. The van der Waals surface area contributed by atoms with E-state index in [1.54, 1.807) is 52.8 Å². The summed E-state index contributed by atoms with van der Waals surface area (Å²) < 4.78 is 20.2. The molecular weight excluding hydrogens is 443 g/mol. The third-order valence-electron chi connectivity index (χ3n) is 5.04. The van der Waals surface area contributed by atoms with Crippen molar-refractivity contribution in [2.24, 2.45) is 0 Å². The van der Waals surface area contributed by atoms with Crippen LogP contribution in [-0.2, 0) is 29.4 Å². The Labute approximate surface area is 195 Å². The van der Waals surface area contributed by atoms with E-state index in [4.69, 9.17) is 4.74 Å². The zero-order valence-corrected chi connectivity index (χ0v) is 19.2. The van der Waals surface area contributed by atoms with E-state index in [2.05, 4.69) is 15.7 Å². The number of fused-ring (bicyclic) bond motifs is 1. The lowest BCUT2D eigenvalue weighted by Crippen LogP contribution is -2.28. The smallest absolute Gasteiger partial charge is 0.256 e. The van der Waals surface area contributed by atoms with Crippen LogP contribution in [0.5, 0.6) is 5.75 Å². The van der Waals surface area contributed by atoms with Gasteiger partial charge in [0, 0.05) is 29.2 Å². The fourth-order valence-electron chi connectivity index (χ4n) is 3.45. The summed E-state index contributed by atoms with van der Waals surface area (Å²) in [6, 6.07) is 12.9. The number of nitrogens with one attached hydrogen (secondary N) is 2. The molecule has 1 aromatic heterocycles. The first kappa shape index (κ1) is 22.8. The number of carbonyl (C=O) groups is 2. The van der Waals surface area contributed by atoms with E-state index in [0.717, 1.165) is 28.3 Å². The largest absolute Gasteiger partial charge is 0.491 e. The highest BCUT2D eigenvalue weighted by atomic mass is 32.2. The van der Waals surface area contributed by atoms with E-state index in [9.17, 15) is 14.0 Å². The quantitative estimate of drug-likeness (QED) is 0.519. The van der Waals surface area contributed by atoms with Gasteiger partial charge in [0.1, 0.15) is 23.9 Å². The molecule has 33 heavy (non-hydrogen) atoms. The van der Waals surface area contributed by atoms with Crippen LogP contribution >= 0.6 is 11.8 Å². The van der Waals surface area contributed by atoms with Gasteiger partial charge in [0.05, 0.1) is 11.8 Å². The summed E-state index contributed by atoms with van der Waals surface area (Å²) >= 11 is 1.72. The van der Waals surface area contributed by atoms with Crippen molar-refractivity contribution in [1.82, 2.24) is 15.1 Å². The lowest BCUT2D eigenvalue weighted by Gasteiger charge is -2.12. The maximum Gasteiger partial charge on any atom is 0.256 e. The number of benzene rings is 2. The van der Waals surface area contributed by atoms with E-state index in [1.807, 2.05) is 13.8 Å². The second-order valence-corrected chi connectivity index (χ2v) is 8.96.